The summed E-state index contributed by atoms with van der Waals surface area (Å²) in [6.45, 7) is 0.694. The SMILES string of the molecule is O=C(c1cccnc1)N1C[C@H]2CC[C@@H]1[C@@H]2O. The molecule has 0 radical (unpaired) electrons. The van der Waals surface area contributed by atoms with Gasteiger partial charge in [0, 0.05) is 24.9 Å². The monoisotopic (exact) mass is 218 g/mol. The summed E-state index contributed by atoms with van der Waals surface area (Å²) >= 11 is 0. The van der Waals surface area contributed by atoms with Crippen LogP contribution in [0.1, 0.15) is 23.2 Å². The number of aliphatic hydroxyl groups excluding tert-OH is 1. The third kappa shape index (κ3) is 1.33. The van der Waals surface area contributed by atoms with Gasteiger partial charge in [0.05, 0.1) is 17.7 Å². The molecule has 4 nitrogen and oxygen atoms in total. The van der Waals surface area contributed by atoms with Gasteiger partial charge in [-0.15, -0.1) is 0 Å². The Kier molecular flexibility index (Phi) is 2.17. The molecule has 16 heavy (non-hydrogen) atoms. The maximum atomic E-state index is 12.2. The van der Waals surface area contributed by atoms with Gasteiger partial charge in [-0.05, 0) is 25.0 Å². The Bertz CT molecular complexity index is 407. The predicted molar refractivity (Wildman–Crippen MR) is 57.8 cm³/mol. The Balaban J connectivity index is 1.83. The maximum absolute atomic E-state index is 12.2. The molecule has 1 N–H and O–H groups in total. The summed E-state index contributed by atoms with van der Waals surface area (Å²) < 4.78 is 0. The Morgan fingerprint density at radius 1 is 1.50 bits per heavy atom. The smallest absolute Gasteiger partial charge is 0.255 e. The van der Waals surface area contributed by atoms with Crippen molar-refractivity contribution in [2.24, 2.45) is 5.92 Å². The number of carbonyl (C=O) groups is 1. The van der Waals surface area contributed by atoms with E-state index in [2.05, 4.69) is 4.98 Å². The van der Waals surface area contributed by atoms with E-state index < -0.39 is 0 Å². The number of carbonyl (C=O) groups excluding carboxylic acids is 1. The number of aromatic nitrogens is 1. The van der Waals surface area contributed by atoms with Gasteiger partial charge >= 0.3 is 0 Å². The molecule has 2 aliphatic rings. The molecule has 0 spiro atoms. The molecule has 84 valence electrons. The molecule has 1 saturated heterocycles. The molecule has 3 atom stereocenters. The second kappa shape index (κ2) is 3.56. The molecule has 1 aromatic rings. The summed E-state index contributed by atoms with van der Waals surface area (Å²) in [4.78, 5) is 17.9. The number of piperidine rings is 1. The molecule has 0 aromatic carbocycles. The molecule has 3 rings (SSSR count). The lowest BCUT2D eigenvalue weighted by molar-refractivity contribution is 0.0650. The van der Waals surface area contributed by atoms with Crippen LogP contribution in [0.15, 0.2) is 24.5 Å². The quantitative estimate of drug-likeness (QED) is 0.754. The molecule has 1 aromatic heterocycles. The third-order valence-electron chi connectivity index (χ3n) is 3.71. The first-order chi connectivity index (χ1) is 7.77. The van der Waals surface area contributed by atoms with Crippen molar-refractivity contribution in [1.29, 1.82) is 0 Å². The minimum Gasteiger partial charge on any atom is -0.391 e. The van der Waals surface area contributed by atoms with Crippen LogP contribution in [0, 0.1) is 5.92 Å². The van der Waals surface area contributed by atoms with Gasteiger partial charge in [-0.3, -0.25) is 9.78 Å². The lowest BCUT2D eigenvalue weighted by Crippen LogP contribution is -2.39. The molecule has 2 bridgehead atoms. The first-order valence-electron chi connectivity index (χ1n) is 5.66. The van der Waals surface area contributed by atoms with Crippen molar-refractivity contribution in [3.63, 3.8) is 0 Å². The standard InChI is InChI=1S/C12H14N2O2/c15-11-9-3-4-10(11)14(7-9)12(16)8-2-1-5-13-6-8/h1-2,5-6,9-11,15H,3-4,7H2/t9-,10-,11-/m1/s1. The van der Waals surface area contributed by atoms with E-state index in [-0.39, 0.29) is 24.0 Å². The minimum absolute atomic E-state index is 0.000602. The Labute approximate surface area is 93.9 Å². The number of pyridine rings is 1. The maximum Gasteiger partial charge on any atom is 0.255 e. The van der Waals surface area contributed by atoms with Crippen molar-refractivity contribution in [2.45, 2.75) is 25.0 Å². The first kappa shape index (κ1) is 9.78. The normalized spacial score (nSPS) is 32.1. The van der Waals surface area contributed by atoms with E-state index in [1.165, 1.54) is 0 Å². The molecule has 1 aliphatic carbocycles. The summed E-state index contributed by atoms with van der Waals surface area (Å²) in [5, 5.41) is 9.89. The zero-order chi connectivity index (χ0) is 11.1. The average molecular weight is 218 g/mol. The van der Waals surface area contributed by atoms with Gasteiger partial charge in [0.15, 0.2) is 0 Å². The number of nitrogens with zero attached hydrogens (tertiary/aromatic N) is 2. The van der Waals surface area contributed by atoms with E-state index in [4.69, 9.17) is 0 Å². The molecule has 1 amide bonds. The summed E-state index contributed by atoms with van der Waals surface area (Å²) in [7, 11) is 0. The fourth-order valence-electron chi connectivity index (χ4n) is 2.86. The fraction of sp³-hybridized carbons (Fsp3) is 0.500. The summed E-state index contributed by atoms with van der Waals surface area (Å²) in [5.74, 6) is 0.282. The summed E-state index contributed by atoms with van der Waals surface area (Å²) in [6.07, 6.45) is 4.89. The number of aliphatic hydroxyl groups is 1. The highest BCUT2D eigenvalue weighted by molar-refractivity contribution is 5.94. The van der Waals surface area contributed by atoms with Crippen LogP contribution in [0.3, 0.4) is 0 Å². The zero-order valence-corrected chi connectivity index (χ0v) is 8.91. The van der Waals surface area contributed by atoms with Crippen LogP contribution in [0.25, 0.3) is 0 Å². The lowest BCUT2D eigenvalue weighted by atomic mass is 10.1. The van der Waals surface area contributed by atoms with Crippen LogP contribution in [-0.4, -0.2) is 39.6 Å². The molecule has 2 fully saturated rings. The van der Waals surface area contributed by atoms with Gasteiger partial charge in [0.25, 0.3) is 5.91 Å². The summed E-state index contributed by atoms with van der Waals surface area (Å²) in [5.41, 5.74) is 0.613. The van der Waals surface area contributed by atoms with Gasteiger partial charge in [0.1, 0.15) is 0 Å². The number of hydrogen-bond donors (Lipinski definition) is 1. The van der Waals surface area contributed by atoms with Gasteiger partial charge < -0.3 is 10.0 Å². The number of amides is 1. The van der Waals surface area contributed by atoms with Gasteiger partial charge in [-0.25, -0.2) is 0 Å². The Morgan fingerprint density at radius 2 is 2.38 bits per heavy atom. The van der Waals surface area contributed by atoms with Crippen LogP contribution in [0.5, 0.6) is 0 Å². The topological polar surface area (TPSA) is 53.4 Å². The van der Waals surface area contributed by atoms with Crippen molar-refractivity contribution in [2.75, 3.05) is 6.54 Å². The second-order valence-corrected chi connectivity index (χ2v) is 4.59. The van der Waals surface area contributed by atoms with Crippen LogP contribution in [-0.2, 0) is 0 Å². The van der Waals surface area contributed by atoms with E-state index in [1.54, 1.807) is 29.4 Å². The van der Waals surface area contributed by atoms with Crippen molar-refractivity contribution in [3.05, 3.63) is 30.1 Å². The number of hydrogen-bond acceptors (Lipinski definition) is 3. The van der Waals surface area contributed by atoms with Crippen LogP contribution in [0.2, 0.25) is 0 Å². The number of likely N-dealkylation sites (tertiary alicyclic amines) is 1. The first-order valence-corrected chi connectivity index (χ1v) is 5.66. The minimum atomic E-state index is -0.319. The van der Waals surface area contributed by atoms with Crippen LogP contribution < -0.4 is 0 Å². The van der Waals surface area contributed by atoms with E-state index in [0.717, 1.165) is 12.8 Å². The molecular formula is C12H14N2O2. The van der Waals surface area contributed by atoms with E-state index >= 15 is 0 Å². The highest BCUT2D eigenvalue weighted by atomic mass is 16.3. The van der Waals surface area contributed by atoms with Crippen LogP contribution >= 0.6 is 0 Å². The van der Waals surface area contributed by atoms with Gasteiger partial charge in [-0.1, -0.05) is 0 Å². The van der Waals surface area contributed by atoms with E-state index in [0.29, 0.717) is 12.1 Å². The molecule has 0 unspecified atom stereocenters. The fourth-order valence-corrected chi connectivity index (χ4v) is 2.86. The molecule has 2 heterocycles. The highest BCUT2D eigenvalue weighted by Crippen LogP contribution is 2.38. The van der Waals surface area contributed by atoms with Crippen molar-refractivity contribution < 1.29 is 9.90 Å². The van der Waals surface area contributed by atoms with Gasteiger partial charge in [-0.2, -0.15) is 0 Å². The average Bonchev–Trinajstić information content (AvgIpc) is 2.85. The molecule has 1 saturated carbocycles. The van der Waals surface area contributed by atoms with Crippen LogP contribution in [0.4, 0.5) is 0 Å². The summed E-state index contributed by atoms with van der Waals surface area (Å²) in [6, 6.07) is 3.56. The van der Waals surface area contributed by atoms with Gasteiger partial charge in [0.2, 0.25) is 0 Å². The van der Waals surface area contributed by atoms with Crippen molar-refractivity contribution in [3.8, 4) is 0 Å². The third-order valence-corrected chi connectivity index (χ3v) is 3.71. The van der Waals surface area contributed by atoms with E-state index in [1.807, 2.05) is 0 Å². The Morgan fingerprint density at radius 3 is 2.94 bits per heavy atom. The molecule has 4 heteroatoms. The second-order valence-electron chi connectivity index (χ2n) is 4.59. The number of fused-ring (bicyclic) bond motifs is 2. The molecule has 1 aliphatic heterocycles. The highest BCUT2D eigenvalue weighted by Gasteiger charge is 2.47. The lowest BCUT2D eigenvalue weighted by Gasteiger charge is -2.26. The largest absolute Gasteiger partial charge is 0.391 e. The predicted octanol–water partition coefficient (Wildman–Crippen LogP) is 0.677. The Hall–Kier alpha value is -1.42. The molecular weight excluding hydrogens is 204 g/mol. The van der Waals surface area contributed by atoms with Crippen molar-refractivity contribution in [1.82, 2.24) is 9.88 Å². The number of rotatable bonds is 1. The zero-order valence-electron chi connectivity index (χ0n) is 8.91. The van der Waals surface area contributed by atoms with E-state index in [9.17, 15) is 9.90 Å². The van der Waals surface area contributed by atoms with Crippen molar-refractivity contribution >= 4 is 5.91 Å².